The molecular weight excluding hydrogens is 406 g/mol. The first kappa shape index (κ1) is 20.4. The van der Waals surface area contributed by atoms with Crippen molar-refractivity contribution in [3.63, 3.8) is 0 Å². The number of piperidine rings is 1. The van der Waals surface area contributed by atoms with Gasteiger partial charge in [-0.15, -0.1) is 0 Å². The van der Waals surface area contributed by atoms with E-state index in [1.807, 2.05) is 30.5 Å². The van der Waals surface area contributed by atoms with Crippen LogP contribution in [0.4, 0.5) is 17.2 Å². The van der Waals surface area contributed by atoms with Gasteiger partial charge >= 0.3 is 0 Å². The molecule has 4 heterocycles. The standard InChI is InChI=1S/C23H27N7O2/c31-23(27-19-4-6-20(7-5-19)28-11-13-32-14-12-28)18-3-1-9-29(16-18)21-15-22(25-17-24-21)30-10-2-8-26-30/h2,4-8,10,15,17-18H,1,3,9,11-14,16H2,(H,27,31)/t18-/m1/s1. The van der Waals surface area contributed by atoms with E-state index >= 15 is 0 Å². The molecular formula is C23H27N7O2. The number of carbonyl (C=O) groups is 1. The molecule has 0 bridgehead atoms. The van der Waals surface area contributed by atoms with Crippen LogP contribution in [0, 0.1) is 5.92 Å². The van der Waals surface area contributed by atoms with Gasteiger partial charge in [0, 0.05) is 56.0 Å². The minimum atomic E-state index is -0.0919. The molecule has 2 aliphatic heterocycles. The molecule has 9 nitrogen and oxygen atoms in total. The largest absolute Gasteiger partial charge is 0.378 e. The summed E-state index contributed by atoms with van der Waals surface area (Å²) in [7, 11) is 0. The first-order valence-electron chi connectivity index (χ1n) is 11.1. The molecule has 0 aliphatic carbocycles. The van der Waals surface area contributed by atoms with Crippen molar-refractivity contribution in [1.29, 1.82) is 0 Å². The van der Waals surface area contributed by atoms with Crippen LogP contribution in [0.5, 0.6) is 0 Å². The Bertz CT molecular complexity index is 1030. The number of anilines is 3. The lowest BCUT2D eigenvalue weighted by atomic mass is 9.97. The van der Waals surface area contributed by atoms with E-state index in [-0.39, 0.29) is 11.8 Å². The van der Waals surface area contributed by atoms with Gasteiger partial charge in [0.25, 0.3) is 0 Å². The van der Waals surface area contributed by atoms with Gasteiger partial charge < -0.3 is 19.9 Å². The second kappa shape index (κ2) is 9.35. The van der Waals surface area contributed by atoms with Crippen molar-refractivity contribution < 1.29 is 9.53 Å². The molecule has 2 aromatic heterocycles. The van der Waals surface area contributed by atoms with Crippen molar-refractivity contribution in [2.75, 3.05) is 54.5 Å². The van der Waals surface area contributed by atoms with Gasteiger partial charge in [-0.05, 0) is 43.2 Å². The average Bonchev–Trinajstić information content (AvgIpc) is 3.40. The predicted octanol–water partition coefficient (Wildman–Crippen LogP) is 2.35. The molecule has 2 fully saturated rings. The zero-order chi connectivity index (χ0) is 21.8. The van der Waals surface area contributed by atoms with Crippen molar-refractivity contribution in [1.82, 2.24) is 19.7 Å². The molecule has 0 unspecified atom stereocenters. The van der Waals surface area contributed by atoms with Crippen molar-refractivity contribution in [2.24, 2.45) is 5.92 Å². The summed E-state index contributed by atoms with van der Waals surface area (Å²) in [4.78, 5) is 26.2. The molecule has 5 rings (SSSR count). The maximum atomic E-state index is 13.0. The van der Waals surface area contributed by atoms with Gasteiger partial charge in [-0.2, -0.15) is 5.10 Å². The molecule has 166 valence electrons. The Kier molecular flexibility index (Phi) is 5.98. The zero-order valence-corrected chi connectivity index (χ0v) is 17.9. The minimum absolute atomic E-state index is 0.0511. The lowest BCUT2D eigenvalue weighted by molar-refractivity contribution is -0.120. The van der Waals surface area contributed by atoms with E-state index < -0.39 is 0 Å². The summed E-state index contributed by atoms with van der Waals surface area (Å²) in [6.07, 6.45) is 6.92. The SMILES string of the molecule is O=C(Nc1ccc(N2CCOCC2)cc1)[C@@H]1CCCN(c2cc(-n3cccn3)ncn2)C1. The zero-order valence-electron chi connectivity index (χ0n) is 17.9. The maximum Gasteiger partial charge on any atom is 0.229 e. The predicted molar refractivity (Wildman–Crippen MR) is 122 cm³/mol. The van der Waals surface area contributed by atoms with Crippen LogP contribution in [0.3, 0.4) is 0 Å². The number of benzene rings is 1. The molecule has 3 aromatic rings. The Hall–Kier alpha value is -3.46. The van der Waals surface area contributed by atoms with Crippen LogP contribution in [0.2, 0.25) is 0 Å². The number of nitrogens with one attached hydrogen (secondary N) is 1. The van der Waals surface area contributed by atoms with E-state index in [2.05, 4.69) is 42.3 Å². The average molecular weight is 434 g/mol. The van der Waals surface area contributed by atoms with Gasteiger partial charge in [-0.3, -0.25) is 4.79 Å². The van der Waals surface area contributed by atoms with E-state index in [0.29, 0.717) is 12.4 Å². The van der Waals surface area contributed by atoms with E-state index in [1.165, 1.54) is 0 Å². The second-order valence-corrected chi connectivity index (χ2v) is 8.11. The summed E-state index contributed by atoms with van der Waals surface area (Å²) in [6, 6.07) is 11.8. The number of nitrogens with zero attached hydrogens (tertiary/aromatic N) is 6. The first-order chi connectivity index (χ1) is 15.8. The van der Waals surface area contributed by atoms with Crippen LogP contribution in [-0.2, 0) is 9.53 Å². The second-order valence-electron chi connectivity index (χ2n) is 8.11. The van der Waals surface area contributed by atoms with E-state index in [1.54, 1.807) is 17.2 Å². The lowest BCUT2D eigenvalue weighted by Crippen LogP contribution is -2.41. The number of ether oxygens (including phenoxy) is 1. The molecule has 1 atom stereocenters. The van der Waals surface area contributed by atoms with Crippen LogP contribution < -0.4 is 15.1 Å². The summed E-state index contributed by atoms with van der Waals surface area (Å²) in [6.45, 7) is 4.81. The molecule has 32 heavy (non-hydrogen) atoms. The Balaban J connectivity index is 1.22. The molecule has 1 N–H and O–H groups in total. The van der Waals surface area contributed by atoms with E-state index in [4.69, 9.17) is 4.74 Å². The number of aromatic nitrogens is 4. The van der Waals surface area contributed by atoms with Gasteiger partial charge in [-0.1, -0.05) is 0 Å². The fraction of sp³-hybridized carbons (Fsp3) is 0.391. The molecule has 2 aliphatic rings. The van der Waals surface area contributed by atoms with Gasteiger partial charge in [0.05, 0.1) is 19.1 Å². The van der Waals surface area contributed by atoms with Crippen LogP contribution in [-0.4, -0.2) is 65.0 Å². The lowest BCUT2D eigenvalue weighted by Gasteiger charge is -2.33. The Labute approximate surface area is 187 Å². The number of hydrogen-bond donors (Lipinski definition) is 1. The molecule has 0 spiro atoms. The number of amides is 1. The molecule has 1 aromatic carbocycles. The highest BCUT2D eigenvalue weighted by Crippen LogP contribution is 2.25. The highest BCUT2D eigenvalue weighted by molar-refractivity contribution is 5.93. The first-order valence-corrected chi connectivity index (χ1v) is 11.1. The Morgan fingerprint density at radius 1 is 1.03 bits per heavy atom. The number of carbonyl (C=O) groups excluding carboxylic acids is 1. The summed E-state index contributed by atoms with van der Waals surface area (Å²) < 4.78 is 7.12. The molecule has 0 saturated carbocycles. The van der Waals surface area contributed by atoms with E-state index in [9.17, 15) is 4.79 Å². The van der Waals surface area contributed by atoms with Crippen LogP contribution in [0.1, 0.15) is 12.8 Å². The fourth-order valence-electron chi connectivity index (χ4n) is 4.26. The van der Waals surface area contributed by atoms with Crippen LogP contribution >= 0.6 is 0 Å². The van der Waals surface area contributed by atoms with Crippen LogP contribution in [0.25, 0.3) is 5.82 Å². The smallest absolute Gasteiger partial charge is 0.229 e. The third-order valence-corrected chi connectivity index (χ3v) is 6.00. The summed E-state index contributed by atoms with van der Waals surface area (Å²) in [5.41, 5.74) is 1.99. The minimum Gasteiger partial charge on any atom is -0.378 e. The normalized spacial score (nSPS) is 19.1. The van der Waals surface area contributed by atoms with Crippen molar-refractivity contribution in [3.8, 4) is 5.82 Å². The summed E-state index contributed by atoms with van der Waals surface area (Å²) in [5, 5.41) is 7.33. The summed E-state index contributed by atoms with van der Waals surface area (Å²) in [5.74, 6) is 1.49. The highest BCUT2D eigenvalue weighted by Gasteiger charge is 2.27. The Morgan fingerprint density at radius 2 is 1.84 bits per heavy atom. The maximum absolute atomic E-state index is 13.0. The molecule has 2 saturated heterocycles. The summed E-state index contributed by atoms with van der Waals surface area (Å²) >= 11 is 0. The molecule has 1 amide bonds. The molecule has 0 radical (unpaired) electrons. The van der Waals surface area contributed by atoms with Crippen molar-refractivity contribution >= 4 is 23.1 Å². The van der Waals surface area contributed by atoms with Gasteiger partial charge in [0.15, 0.2) is 5.82 Å². The van der Waals surface area contributed by atoms with Crippen LogP contribution in [0.15, 0.2) is 55.1 Å². The fourth-order valence-corrected chi connectivity index (χ4v) is 4.26. The highest BCUT2D eigenvalue weighted by atomic mass is 16.5. The third-order valence-electron chi connectivity index (χ3n) is 6.00. The van der Waals surface area contributed by atoms with Gasteiger partial charge in [0.1, 0.15) is 12.1 Å². The molecule has 9 heteroatoms. The number of rotatable bonds is 5. The number of hydrogen-bond acceptors (Lipinski definition) is 7. The monoisotopic (exact) mass is 433 g/mol. The quantitative estimate of drug-likeness (QED) is 0.661. The van der Waals surface area contributed by atoms with Crippen molar-refractivity contribution in [2.45, 2.75) is 12.8 Å². The van der Waals surface area contributed by atoms with Crippen molar-refractivity contribution in [3.05, 3.63) is 55.1 Å². The number of morpholine rings is 1. The third kappa shape index (κ3) is 4.57. The van der Waals surface area contributed by atoms with Gasteiger partial charge in [0.2, 0.25) is 5.91 Å². The Morgan fingerprint density at radius 3 is 2.62 bits per heavy atom. The topological polar surface area (TPSA) is 88.4 Å². The van der Waals surface area contributed by atoms with E-state index in [0.717, 1.165) is 62.9 Å². The van der Waals surface area contributed by atoms with Gasteiger partial charge in [-0.25, -0.2) is 14.6 Å².